The van der Waals surface area contributed by atoms with Crippen LogP contribution in [0.2, 0.25) is 4.34 Å². The third-order valence-electron chi connectivity index (χ3n) is 3.26. The van der Waals surface area contributed by atoms with Crippen molar-refractivity contribution >= 4 is 44.4 Å². The van der Waals surface area contributed by atoms with Crippen molar-refractivity contribution in [2.75, 3.05) is 6.54 Å². The average Bonchev–Trinajstić information content (AvgIpc) is 3.05. The van der Waals surface area contributed by atoms with Gasteiger partial charge in [0, 0.05) is 14.5 Å². The van der Waals surface area contributed by atoms with Gasteiger partial charge in [0.1, 0.15) is 5.82 Å². The van der Waals surface area contributed by atoms with Gasteiger partial charge < -0.3 is 5.32 Å². The van der Waals surface area contributed by atoms with E-state index in [4.69, 9.17) is 11.6 Å². The minimum absolute atomic E-state index is 0.128. The van der Waals surface area contributed by atoms with Crippen molar-refractivity contribution in [3.8, 4) is 0 Å². The SMILES string of the molecule is CCCNC(c1ccc(Cl)s1)c1cc2cc(F)ccc2s1. The summed E-state index contributed by atoms with van der Waals surface area (Å²) in [6, 6.07) is 11.1. The second-order valence-corrected chi connectivity index (χ2v) is 7.72. The van der Waals surface area contributed by atoms with Gasteiger partial charge in [-0.1, -0.05) is 18.5 Å². The number of nitrogens with one attached hydrogen (secondary N) is 1. The van der Waals surface area contributed by atoms with Gasteiger partial charge in [0.15, 0.2) is 0 Å². The molecule has 2 heterocycles. The number of benzene rings is 1. The van der Waals surface area contributed by atoms with E-state index < -0.39 is 0 Å². The van der Waals surface area contributed by atoms with Crippen molar-refractivity contribution in [2.45, 2.75) is 19.4 Å². The molecule has 0 amide bonds. The van der Waals surface area contributed by atoms with E-state index in [0.29, 0.717) is 0 Å². The first kappa shape index (κ1) is 15.0. The van der Waals surface area contributed by atoms with Crippen LogP contribution < -0.4 is 5.32 Å². The fraction of sp³-hybridized carbons (Fsp3) is 0.250. The van der Waals surface area contributed by atoms with Gasteiger partial charge in [-0.25, -0.2) is 4.39 Å². The maximum Gasteiger partial charge on any atom is 0.123 e. The van der Waals surface area contributed by atoms with Crippen molar-refractivity contribution < 1.29 is 4.39 Å². The van der Waals surface area contributed by atoms with E-state index in [1.54, 1.807) is 28.7 Å². The van der Waals surface area contributed by atoms with Crippen LogP contribution in [0.15, 0.2) is 36.4 Å². The van der Waals surface area contributed by atoms with Crippen LogP contribution in [-0.2, 0) is 0 Å². The molecule has 1 unspecified atom stereocenters. The first-order chi connectivity index (χ1) is 10.2. The molecule has 0 bridgehead atoms. The summed E-state index contributed by atoms with van der Waals surface area (Å²) in [5.74, 6) is -0.191. The molecule has 0 fully saturated rings. The van der Waals surface area contributed by atoms with Crippen LogP contribution in [0.4, 0.5) is 4.39 Å². The minimum atomic E-state index is -0.191. The maximum absolute atomic E-state index is 13.3. The molecule has 110 valence electrons. The highest BCUT2D eigenvalue weighted by Gasteiger charge is 2.18. The Morgan fingerprint density at radius 2 is 2.00 bits per heavy atom. The van der Waals surface area contributed by atoms with Crippen molar-refractivity contribution in [3.05, 3.63) is 56.3 Å². The smallest absolute Gasteiger partial charge is 0.123 e. The lowest BCUT2D eigenvalue weighted by Crippen LogP contribution is -2.21. The Balaban J connectivity index is 2.00. The molecule has 0 radical (unpaired) electrons. The van der Waals surface area contributed by atoms with Gasteiger partial charge >= 0.3 is 0 Å². The molecule has 21 heavy (non-hydrogen) atoms. The summed E-state index contributed by atoms with van der Waals surface area (Å²) in [7, 11) is 0. The van der Waals surface area contributed by atoms with Gasteiger partial charge in [0.2, 0.25) is 0 Å². The molecule has 3 rings (SSSR count). The number of hydrogen-bond donors (Lipinski definition) is 1. The van der Waals surface area contributed by atoms with Gasteiger partial charge in [0.25, 0.3) is 0 Å². The first-order valence-electron chi connectivity index (χ1n) is 6.85. The Kier molecular flexibility index (Phi) is 4.60. The topological polar surface area (TPSA) is 12.0 Å². The van der Waals surface area contributed by atoms with Crippen LogP contribution in [-0.4, -0.2) is 6.54 Å². The molecule has 0 aliphatic rings. The van der Waals surface area contributed by atoms with Gasteiger partial charge in [0.05, 0.1) is 10.4 Å². The normalized spacial score (nSPS) is 12.9. The average molecular weight is 340 g/mol. The molecule has 0 aliphatic carbocycles. The first-order valence-corrected chi connectivity index (χ1v) is 8.86. The van der Waals surface area contributed by atoms with E-state index in [0.717, 1.165) is 27.4 Å². The molecule has 0 aliphatic heterocycles. The molecule has 5 heteroatoms. The number of hydrogen-bond acceptors (Lipinski definition) is 3. The van der Waals surface area contributed by atoms with Crippen LogP contribution in [0.1, 0.15) is 29.1 Å². The minimum Gasteiger partial charge on any atom is -0.305 e. The predicted octanol–water partition coefficient (Wildman–Crippen LogP) is 5.84. The zero-order chi connectivity index (χ0) is 14.8. The molecule has 2 aromatic heterocycles. The molecule has 3 aromatic rings. The summed E-state index contributed by atoms with van der Waals surface area (Å²) in [4.78, 5) is 2.39. The highest BCUT2D eigenvalue weighted by atomic mass is 35.5. The second kappa shape index (κ2) is 6.44. The third kappa shape index (κ3) is 3.29. The van der Waals surface area contributed by atoms with E-state index in [9.17, 15) is 4.39 Å². The van der Waals surface area contributed by atoms with E-state index >= 15 is 0 Å². The summed E-state index contributed by atoms with van der Waals surface area (Å²) in [5, 5.41) is 4.52. The molecule has 1 nitrogen and oxygen atoms in total. The highest BCUT2D eigenvalue weighted by molar-refractivity contribution is 7.19. The largest absolute Gasteiger partial charge is 0.305 e. The highest BCUT2D eigenvalue weighted by Crippen LogP contribution is 2.37. The van der Waals surface area contributed by atoms with Crippen LogP contribution in [0.25, 0.3) is 10.1 Å². The Morgan fingerprint density at radius 3 is 2.71 bits per heavy atom. The Hall–Kier alpha value is -0.940. The summed E-state index contributed by atoms with van der Waals surface area (Å²) >= 11 is 9.36. The molecule has 1 aromatic carbocycles. The molecule has 1 atom stereocenters. The summed E-state index contributed by atoms with van der Waals surface area (Å²) < 4.78 is 15.3. The molecular formula is C16H15ClFNS2. The summed E-state index contributed by atoms with van der Waals surface area (Å²) in [6.45, 7) is 3.08. The lowest BCUT2D eigenvalue weighted by Gasteiger charge is -2.15. The van der Waals surface area contributed by atoms with E-state index in [1.165, 1.54) is 15.8 Å². The second-order valence-electron chi connectivity index (χ2n) is 4.86. The van der Waals surface area contributed by atoms with Gasteiger partial charge in [-0.2, -0.15) is 0 Å². The Morgan fingerprint density at radius 1 is 1.14 bits per heavy atom. The maximum atomic E-state index is 13.3. The lowest BCUT2D eigenvalue weighted by molar-refractivity contribution is 0.613. The number of rotatable bonds is 5. The third-order valence-corrected chi connectivity index (χ3v) is 5.74. The Labute approximate surface area is 136 Å². The summed E-state index contributed by atoms with van der Waals surface area (Å²) in [5.41, 5.74) is 0. The standard InChI is InChI=1S/C16H15ClFNS2/c1-2-7-19-16(13-5-6-15(17)21-13)14-9-10-8-11(18)3-4-12(10)20-14/h3-6,8-9,16,19H,2,7H2,1H3. The van der Waals surface area contributed by atoms with Crippen LogP contribution in [0, 0.1) is 5.82 Å². The van der Waals surface area contributed by atoms with Crippen molar-refractivity contribution in [3.63, 3.8) is 0 Å². The van der Waals surface area contributed by atoms with Crippen LogP contribution in [0.3, 0.4) is 0 Å². The zero-order valence-electron chi connectivity index (χ0n) is 11.5. The van der Waals surface area contributed by atoms with Crippen molar-refractivity contribution in [1.82, 2.24) is 5.32 Å². The number of thiophene rings is 2. The Bertz CT molecular complexity index is 750. The quantitative estimate of drug-likeness (QED) is 0.615. The van der Waals surface area contributed by atoms with E-state index in [2.05, 4.69) is 24.4 Å². The van der Waals surface area contributed by atoms with E-state index in [-0.39, 0.29) is 11.9 Å². The van der Waals surface area contributed by atoms with Gasteiger partial charge in [-0.15, -0.1) is 22.7 Å². The fourth-order valence-electron chi connectivity index (χ4n) is 2.29. The van der Waals surface area contributed by atoms with Crippen LogP contribution >= 0.6 is 34.3 Å². The molecule has 0 saturated heterocycles. The van der Waals surface area contributed by atoms with Crippen molar-refractivity contribution in [2.24, 2.45) is 0 Å². The molecule has 0 saturated carbocycles. The number of halogens is 2. The predicted molar refractivity (Wildman–Crippen MR) is 91.2 cm³/mol. The number of fused-ring (bicyclic) bond motifs is 1. The molecule has 1 N–H and O–H groups in total. The van der Waals surface area contributed by atoms with Crippen molar-refractivity contribution in [1.29, 1.82) is 0 Å². The molecule has 0 spiro atoms. The zero-order valence-corrected chi connectivity index (χ0v) is 13.9. The monoisotopic (exact) mass is 339 g/mol. The van der Waals surface area contributed by atoms with Crippen LogP contribution in [0.5, 0.6) is 0 Å². The fourth-order valence-corrected chi connectivity index (χ4v) is 4.66. The molecular weight excluding hydrogens is 325 g/mol. The summed E-state index contributed by atoms with van der Waals surface area (Å²) in [6.07, 6.45) is 1.06. The van der Waals surface area contributed by atoms with E-state index in [1.807, 2.05) is 12.1 Å². The van der Waals surface area contributed by atoms with Gasteiger partial charge in [-0.05, 0) is 54.8 Å². The lowest BCUT2D eigenvalue weighted by atomic mass is 10.1. The van der Waals surface area contributed by atoms with Gasteiger partial charge in [-0.3, -0.25) is 0 Å².